The smallest absolute Gasteiger partial charge is 0.303 e. The zero-order valence-corrected chi connectivity index (χ0v) is 15.5. The van der Waals surface area contributed by atoms with Gasteiger partial charge in [0.2, 0.25) is 0 Å². The average molecular weight is 355 g/mol. The van der Waals surface area contributed by atoms with E-state index < -0.39 is 12.1 Å². The highest BCUT2D eigenvalue weighted by Crippen LogP contribution is 2.05. The third-order valence-corrected chi connectivity index (χ3v) is 3.69. The van der Waals surface area contributed by atoms with Crippen molar-refractivity contribution in [3.05, 3.63) is 47.8 Å². The van der Waals surface area contributed by atoms with E-state index in [9.17, 15) is 9.90 Å². The minimum absolute atomic E-state index is 0.175. The van der Waals surface area contributed by atoms with Gasteiger partial charge in [-0.1, -0.05) is 50.0 Å². The monoisotopic (exact) mass is 355 g/mol. The number of carboxylic acids is 1. The van der Waals surface area contributed by atoms with E-state index in [0.717, 1.165) is 12.1 Å². The molecule has 1 heterocycles. The summed E-state index contributed by atoms with van der Waals surface area (Å²) in [7, 11) is 0. The van der Waals surface area contributed by atoms with E-state index in [1.165, 1.54) is 19.3 Å². The van der Waals surface area contributed by atoms with E-state index in [2.05, 4.69) is 29.8 Å². The number of nitrogens with zero attached hydrogens (tertiary/aromatic N) is 1. The first kappa shape index (κ1) is 21.7. The SMILES string of the molecule is CCCCC/C=C\CC(O)C#Cc1cccc(/C=C\CCCC(=O)O)n1. The van der Waals surface area contributed by atoms with Crippen molar-refractivity contribution in [2.75, 3.05) is 0 Å². The Balaban J connectivity index is 2.44. The van der Waals surface area contributed by atoms with Gasteiger partial charge in [-0.05, 0) is 49.8 Å². The first-order chi connectivity index (χ1) is 12.6. The molecule has 4 heteroatoms. The molecule has 0 saturated carbocycles. The lowest BCUT2D eigenvalue weighted by molar-refractivity contribution is -0.137. The lowest BCUT2D eigenvalue weighted by Crippen LogP contribution is -2.00. The van der Waals surface area contributed by atoms with Crippen molar-refractivity contribution in [1.82, 2.24) is 4.98 Å². The molecule has 0 amide bonds. The van der Waals surface area contributed by atoms with Crippen molar-refractivity contribution in [2.45, 2.75) is 64.4 Å². The molecule has 0 aliphatic carbocycles. The summed E-state index contributed by atoms with van der Waals surface area (Å²) < 4.78 is 0. The largest absolute Gasteiger partial charge is 0.481 e. The second-order valence-electron chi connectivity index (χ2n) is 6.12. The van der Waals surface area contributed by atoms with Gasteiger partial charge in [0.05, 0.1) is 5.69 Å². The fourth-order valence-corrected chi connectivity index (χ4v) is 2.26. The number of hydrogen-bond donors (Lipinski definition) is 2. The van der Waals surface area contributed by atoms with Gasteiger partial charge in [-0.2, -0.15) is 0 Å². The van der Waals surface area contributed by atoms with Gasteiger partial charge in [-0.25, -0.2) is 4.98 Å². The molecule has 140 valence electrons. The molecular weight excluding hydrogens is 326 g/mol. The maximum absolute atomic E-state index is 10.5. The van der Waals surface area contributed by atoms with Crippen molar-refractivity contribution in [3.63, 3.8) is 0 Å². The number of carbonyl (C=O) groups is 1. The van der Waals surface area contributed by atoms with E-state index >= 15 is 0 Å². The van der Waals surface area contributed by atoms with Crippen LogP contribution in [0.2, 0.25) is 0 Å². The molecule has 2 N–H and O–H groups in total. The molecule has 0 aliphatic rings. The Morgan fingerprint density at radius 3 is 2.77 bits per heavy atom. The first-order valence-electron chi connectivity index (χ1n) is 9.31. The highest BCUT2D eigenvalue weighted by atomic mass is 16.4. The van der Waals surface area contributed by atoms with Crippen molar-refractivity contribution >= 4 is 12.0 Å². The number of aliphatic hydroxyl groups excluding tert-OH is 1. The van der Waals surface area contributed by atoms with Crippen LogP contribution in [0.1, 0.15) is 69.7 Å². The van der Waals surface area contributed by atoms with Gasteiger partial charge in [0.25, 0.3) is 0 Å². The van der Waals surface area contributed by atoms with Crippen LogP contribution in [0.5, 0.6) is 0 Å². The molecule has 1 rings (SSSR count). The summed E-state index contributed by atoms with van der Waals surface area (Å²) in [4.78, 5) is 14.9. The normalized spacial score (nSPS) is 12.2. The van der Waals surface area contributed by atoms with E-state index in [0.29, 0.717) is 25.0 Å². The molecule has 0 fully saturated rings. The Morgan fingerprint density at radius 2 is 2.00 bits per heavy atom. The third kappa shape index (κ3) is 11.2. The van der Waals surface area contributed by atoms with E-state index in [1.54, 1.807) is 0 Å². The van der Waals surface area contributed by atoms with Crippen LogP contribution < -0.4 is 0 Å². The van der Waals surface area contributed by atoms with E-state index in [1.807, 2.05) is 36.4 Å². The van der Waals surface area contributed by atoms with Crippen LogP contribution in [0.15, 0.2) is 36.4 Å². The second-order valence-corrected chi connectivity index (χ2v) is 6.12. The molecule has 26 heavy (non-hydrogen) atoms. The Labute approximate surface area is 156 Å². The number of hydrogen-bond acceptors (Lipinski definition) is 3. The Kier molecular flexibility index (Phi) is 11.5. The summed E-state index contributed by atoms with van der Waals surface area (Å²) in [5.74, 6) is 4.95. The molecule has 0 bridgehead atoms. The van der Waals surface area contributed by atoms with Crippen LogP contribution in [0.4, 0.5) is 0 Å². The van der Waals surface area contributed by atoms with Gasteiger partial charge in [0.1, 0.15) is 11.8 Å². The van der Waals surface area contributed by atoms with Crippen molar-refractivity contribution in [1.29, 1.82) is 0 Å². The van der Waals surface area contributed by atoms with Crippen LogP contribution in [0.25, 0.3) is 6.08 Å². The van der Waals surface area contributed by atoms with Crippen molar-refractivity contribution < 1.29 is 15.0 Å². The van der Waals surface area contributed by atoms with E-state index in [4.69, 9.17) is 5.11 Å². The Bertz CT molecular complexity index is 653. The van der Waals surface area contributed by atoms with Gasteiger partial charge in [0.15, 0.2) is 0 Å². The summed E-state index contributed by atoms with van der Waals surface area (Å²) in [6, 6.07) is 5.55. The summed E-state index contributed by atoms with van der Waals surface area (Å²) in [5.41, 5.74) is 1.39. The van der Waals surface area contributed by atoms with Crippen molar-refractivity contribution in [3.8, 4) is 11.8 Å². The second kappa shape index (κ2) is 13.9. The molecule has 0 radical (unpaired) electrons. The summed E-state index contributed by atoms with van der Waals surface area (Å²) in [6.07, 6.45) is 13.9. The molecule has 1 aromatic rings. The quantitative estimate of drug-likeness (QED) is 0.346. The zero-order valence-electron chi connectivity index (χ0n) is 15.5. The molecule has 4 nitrogen and oxygen atoms in total. The number of pyridine rings is 1. The number of unbranched alkanes of at least 4 members (excludes halogenated alkanes) is 4. The number of rotatable bonds is 11. The predicted octanol–water partition coefficient (Wildman–Crippen LogP) is 4.59. The Morgan fingerprint density at radius 1 is 1.19 bits per heavy atom. The highest BCUT2D eigenvalue weighted by Gasteiger charge is 1.97. The van der Waals surface area contributed by atoms with Crippen LogP contribution in [-0.4, -0.2) is 27.3 Å². The molecule has 0 aliphatic heterocycles. The van der Waals surface area contributed by atoms with Crippen LogP contribution in [0.3, 0.4) is 0 Å². The van der Waals surface area contributed by atoms with Crippen molar-refractivity contribution in [2.24, 2.45) is 0 Å². The van der Waals surface area contributed by atoms with Gasteiger partial charge in [0, 0.05) is 12.8 Å². The van der Waals surface area contributed by atoms with Gasteiger partial charge < -0.3 is 10.2 Å². The van der Waals surface area contributed by atoms with Crippen LogP contribution in [-0.2, 0) is 4.79 Å². The third-order valence-electron chi connectivity index (χ3n) is 3.69. The topological polar surface area (TPSA) is 70.4 Å². The highest BCUT2D eigenvalue weighted by molar-refractivity contribution is 5.66. The Hall–Kier alpha value is -2.38. The molecule has 0 saturated heterocycles. The lowest BCUT2D eigenvalue weighted by atomic mass is 10.1. The molecular formula is C22H29NO3. The lowest BCUT2D eigenvalue weighted by Gasteiger charge is -1.98. The maximum Gasteiger partial charge on any atom is 0.303 e. The fourth-order valence-electron chi connectivity index (χ4n) is 2.26. The molecule has 1 aromatic heterocycles. The summed E-state index contributed by atoms with van der Waals surface area (Å²) in [5, 5.41) is 18.5. The molecule has 0 spiro atoms. The van der Waals surface area contributed by atoms with Crippen LogP contribution in [0, 0.1) is 11.8 Å². The number of aliphatic carboxylic acids is 1. The standard InChI is InChI=1S/C22H29NO3/c1-2-3-4-5-6-9-15-21(24)18-17-20-14-11-13-19(23-20)12-8-7-10-16-22(25)26/h6,8-9,11-14,21,24H,2-5,7,10,15-16H2,1H3,(H,25,26)/b9-6-,12-8-. The fraction of sp³-hybridized carbons (Fsp3) is 0.455. The average Bonchev–Trinajstić information content (AvgIpc) is 2.63. The number of carboxylic acid groups (broad SMARTS) is 1. The number of aliphatic hydroxyl groups is 1. The zero-order chi connectivity index (χ0) is 19.0. The number of allylic oxidation sites excluding steroid dienone is 2. The first-order valence-corrected chi connectivity index (χ1v) is 9.31. The number of aromatic nitrogens is 1. The van der Waals surface area contributed by atoms with Gasteiger partial charge in [-0.15, -0.1) is 0 Å². The van der Waals surface area contributed by atoms with Gasteiger partial charge in [-0.3, -0.25) is 4.79 Å². The van der Waals surface area contributed by atoms with Crippen LogP contribution >= 0.6 is 0 Å². The summed E-state index contributed by atoms with van der Waals surface area (Å²) >= 11 is 0. The molecule has 1 unspecified atom stereocenters. The summed E-state index contributed by atoms with van der Waals surface area (Å²) in [6.45, 7) is 2.18. The minimum Gasteiger partial charge on any atom is -0.481 e. The predicted molar refractivity (Wildman–Crippen MR) is 106 cm³/mol. The van der Waals surface area contributed by atoms with Gasteiger partial charge >= 0.3 is 5.97 Å². The molecule has 1 atom stereocenters. The maximum atomic E-state index is 10.5. The van der Waals surface area contributed by atoms with E-state index in [-0.39, 0.29) is 6.42 Å². The molecule has 0 aromatic carbocycles. The minimum atomic E-state index is -0.775.